The maximum absolute atomic E-state index is 9.24. The Bertz CT molecular complexity index is 284. The zero-order valence-electron chi connectivity index (χ0n) is 9.29. The van der Waals surface area contributed by atoms with Gasteiger partial charge in [0.05, 0.1) is 6.54 Å². The molecule has 86 valence electrons. The predicted molar refractivity (Wildman–Crippen MR) is 58.6 cm³/mol. The summed E-state index contributed by atoms with van der Waals surface area (Å²) in [6.07, 6.45) is 5.56. The van der Waals surface area contributed by atoms with Crippen molar-refractivity contribution in [3.63, 3.8) is 0 Å². The summed E-state index contributed by atoms with van der Waals surface area (Å²) in [5.41, 5.74) is 5.84. The van der Waals surface area contributed by atoms with Gasteiger partial charge in [0.15, 0.2) is 0 Å². The lowest BCUT2D eigenvalue weighted by Gasteiger charge is -1.91. The zero-order chi connectivity index (χ0) is 11.7. The van der Waals surface area contributed by atoms with Gasteiger partial charge in [-0.25, -0.2) is 4.98 Å². The second kappa shape index (κ2) is 7.99. The van der Waals surface area contributed by atoms with Gasteiger partial charge >= 0.3 is 5.97 Å². The van der Waals surface area contributed by atoms with Gasteiger partial charge in [-0.1, -0.05) is 13.3 Å². The number of aliphatic carboxylic acids is 1. The first-order valence-corrected chi connectivity index (χ1v) is 5.02. The molecule has 0 saturated carbocycles. The van der Waals surface area contributed by atoms with Crippen molar-refractivity contribution in [2.75, 3.05) is 6.54 Å². The zero-order valence-corrected chi connectivity index (χ0v) is 9.29. The number of nitrogens with zero attached hydrogens (tertiary/aromatic N) is 1. The fraction of sp³-hybridized carbons (Fsp3) is 0.600. The standard InChI is InChI=1S/C8H14N2.C2H5NO2/c1-3-4-5-8-6-9-7(2)10-8;3-1-2(4)5/h6H,3-5H2,1-2H3,(H,9,10);1,3H2,(H,4,5). The van der Waals surface area contributed by atoms with Gasteiger partial charge < -0.3 is 15.8 Å². The number of nitrogens with one attached hydrogen (secondary N) is 1. The fourth-order valence-electron chi connectivity index (χ4n) is 0.966. The average molecular weight is 213 g/mol. The quantitative estimate of drug-likeness (QED) is 0.698. The van der Waals surface area contributed by atoms with E-state index in [9.17, 15) is 4.79 Å². The molecular weight excluding hydrogens is 194 g/mol. The summed E-state index contributed by atoms with van der Waals surface area (Å²) in [7, 11) is 0. The minimum Gasteiger partial charge on any atom is -0.480 e. The van der Waals surface area contributed by atoms with Crippen LogP contribution >= 0.6 is 0 Å². The van der Waals surface area contributed by atoms with Crippen LogP contribution in [0.3, 0.4) is 0 Å². The van der Waals surface area contributed by atoms with Crippen LogP contribution in [0.15, 0.2) is 6.20 Å². The molecule has 1 rings (SSSR count). The van der Waals surface area contributed by atoms with Crippen molar-refractivity contribution < 1.29 is 9.90 Å². The van der Waals surface area contributed by atoms with Gasteiger partial charge in [0.1, 0.15) is 5.82 Å². The monoisotopic (exact) mass is 213 g/mol. The number of nitrogens with two attached hydrogens (primary N) is 1. The number of aryl methyl sites for hydroxylation is 2. The molecule has 0 spiro atoms. The van der Waals surface area contributed by atoms with E-state index in [1.165, 1.54) is 18.5 Å². The predicted octanol–water partition coefficient (Wildman–Crippen LogP) is 1.09. The number of carboxylic acids is 1. The van der Waals surface area contributed by atoms with Crippen molar-refractivity contribution in [3.05, 3.63) is 17.7 Å². The molecular formula is C10H19N3O2. The van der Waals surface area contributed by atoms with Crippen LogP contribution in [0, 0.1) is 6.92 Å². The van der Waals surface area contributed by atoms with Crippen LogP contribution in [0.4, 0.5) is 0 Å². The van der Waals surface area contributed by atoms with Gasteiger partial charge in [0, 0.05) is 11.9 Å². The molecule has 0 unspecified atom stereocenters. The van der Waals surface area contributed by atoms with Crippen LogP contribution in [0.1, 0.15) is 31.3 Å². The van der Waals surface area contributed by atoms with Crippen LogP contribution in [0.2, 0.25) is 0 Å². The maximum atomic E-state index is 9.24. The minimum atomic E-state index is -0.968. The summed E-state index contributed by atoms with van der Waals surface area (Å²) in [6, 6.07) is 0. The molecule has 5 nitrogen and oxygen atoms in total. The van der Waals surface area contributed by atoms with Gasteiger partial charge in [-0.05, 0) is 19.8 Å². The molecule has 0 bridgehead atoms. The highest BCUT2D eigenvalue weighted by Crippen LogP contribution is 2.01. The third-order valence-corrected chi connectivity index (χ3v) is 1.73. The van der Waals surface area contributed by atoms with Crippen molar-refractivity contribution in [2.45, 2.75) is 33.1 Å². The molecule has 1 aromatic rings. The number of unbranched alkanes of at least 4 members (excludes halogenated alkanes) is 1. The largest absolute Gasteiger partial charge is 0.480 e. The lowest BCUT2D eigenvalue weighted by Crippen LogP contribution is -2.10. The molecule has 0 fully saturated rings. The van der Waals surface area contributed by atoms with Crippen LogP contribution in [-0.4, -0.2) is 27.6 Å². The van der Waals surface area contributed by atoms with Crippen LogP contribution in [0.5, 0.6) is 0 Å². The molecule has 1 heterocycles. The number of carboxylic acid groups (broad SMARTS) is 1. The van der Waals surface area contributed by atoms with E-state index in [0.29, 0.717) is 0 Å². The van der Waals surface area contributed by atoms with E-state index in [0.717, 1.165) is 12.2 Å². The summed E-state index contributed by atoms with van der Waals surface area (Å²) < 4.78 is 0. The number of hydrogen-bond donors (Lipinski definition) is 3. The Kier molecular flexibility index (Phi) is 7.27. The Hall–Kier alpha value is -1.36. The Morgan fingerprint density at radius 3 is 2.60 bits per heavy atom. The highest BCUT2D eigenvalue weighted by atomic mass is 16.4. The second-order valence-electron chi connectivity index (χ2n) is 3.20. The van der Waals surface area contributed by atoms with Gasteiger partial charge in [-0.2, -0.15) is 0 Å². The number of imidazole rings is 1. The number of rotatable bonds is 4. The smallest absolute Gasteiger partial charge is 0.317 e. The first-order valence-electron chi connectivity index (χ1n) is 5.02. The van der Waals surface area contributed by atoms with E-state index in [4.69, 9.17) is 5.11 Å². The summed E-state index contributed by atoms with van der Waals surface area (Å²) in [4.78, 5) is 16.6. The molecule has 0 aliphatic rings. The van der Waals surface area contributed by atoms with Crippen molar-refractivity contribution in [1.29, 1.82) is 0 Å². The number of carbonyl (C=O) groups is 1. The molecule has 0 atom stereocenters. The highest BCUT2D eigenvalue weighted by molar-refractivity contribution is 5.68. The molecule has 5 heteroatoms. The molecule has 0 amide bonds. The first-order chi connectivity index (χ1) is 7.10. The molecule has 0 saturated heterocycles. The molecule has 0 radical (unpaired) electrons. The van der Waals surface area contributed by atoms with Crippen molar-refractivity contribution >= 4 is 5.97 Å². The van der Waals surface area contributed by atoms with Crippen molar-refractivity contribution in [3.8, 4) is 0 Å². The Balaban J connectivity index is 0.000000336. The SMILES string of the molecule is CCCCc1cnc(C)[nH]1.NCC(=O)O. The van der Waals surface area contributed by atoms with E-state index in [-0.39, 0.29) is 6.54 Å². The van der Waals surface area contributed by atoms with Gasteiger partial charge in [-0.3, -0.25) is 4.79 Å². The third kappa shape index (κ3) is 7.69. The maximum Gasteiger partial charge on any atom is 0.317 e. The number of hydrogen-bond acceptors (Lipinski definition) is 3. The number of aromatic nitrogens is 2. The van der Waals surface area contributed by atoms with Gasteiger partial charge in [-0.15, -0.1) is 0 Å². The first kappa shape index (κ1) is 13.6. The minimum absolute atomic E-state index is 0.278. The van der Waals surface area contributed by atoms with E-state index >= 15 is 0 Å². The van der Waals surface area contributed by atoms with Gasteiger partial charge in [0.2, 0.25) is 0 Å². The van der Waals surface area contributed by atoms with Crippen LogP contribution in [0.25, 0.3) is 0 Å². The lowest BCUT2D eigenvalue weighted by molar-refractivity contribution is -0.135. The van der Waals surface area contributed by atoms with Crippen molar-refractivity contribution in [2.24, 2.45) is 5.73 Å². The summed E-state index contributed by atoms with van der Waals surface area (Å²) in [5, 5.41) is 7.60. The lowest BCUT2D eigenvalue weighted by atomic mass is 10.2. The molecule has 4 N–H and O–H groups in total. The Labute approximate surface area is 89.7 Å². The highest BCUT2D eigenvalue weighted by Gasteiger charge is 1.93. The fourth-order valence-corrected chi connectivity index (χ4v) is 0.966. The van der Waals surface area contributed by atoms with Gasteiger partial charge in [0.25, 0.3) is 0 Å². The summed E-state index contributed by atoms with van der Waals surface area (Å²) in [6.45, 7) is 3.90. The number of aromatic amines is 1. The third-order valence-electron chi connectivity index (χ3n) is 1.73. The van der Waals surface area contributed by atoms with E-state index in [1.54, 1.807) is 0 Å². The Morgan fingerprint density at radius 2 is 2.27 bits per heavy atom. The summed E-state index contributed by atoms with van der Waals surface area (Å²) in [5.74, 6) is 0.0519. The second-order valence-corrected chi connectivity index (χ2v) is 3.20. The van der Waals surface area contributed by atoms with Crippen LogP contribution < -0.4 is 5.73 Å². The molecule has 0 aromatic carbocycles. The molecule has 0 aliphatic carbocycles. The van der Waals surface area contributed by atoms with E-state index < -0.39 is 5.97 Å². The molecule has 15 heavy (non-hydrogen) atoms. The normalized spacial score (nSPS) is 9.27. The van der Waals surface area contributed by atoms with E-state index in [1.807, 2.05) is 13.1 Å². The molecule has 0 aliphatic heterocycles. The van der Waals surface area contributed by atoms with Crippen molar-refractivity contribution in [1.82, 2.24) is 9.97 Å². The average Bonchev–Trinajstić information content (AvgIpc) is 2.62. The van der Waals surface area contributed by atoms with Crippen LogP contribution in [-0.2, 0) is 11.2 Å². The summed E-state index contributed by atoms with van der Waals surface area (Å²) >= 11 is 0. The number of H-pyrrole nitrogens is 1. The Morgan fingerprint density at radius 1 is 1.67 bits per heavy atom. The van der Waals surface area contributed by atoms with E-state index in [2.05, 4.69) is 22.6 Å². The molecule has 1 aromatic heterocycles. The topological polar surface area (TPSA) is 92.0 Å².